The van der Waals surface area contributed by atoms with E-state index in [0.29, 0.717) is 19.4 Å². The second-order valence-corrected chi connectivity index (χ2v) is 11.4. The summed E-state index contributed by atoms with van der Waals surface area (Å²) in [6, 6.07) is -3.72. The summed E-state index contributed by atoms with van der Waals surface area (Å²) in [4.78, 5) is 12.7. The van der Waals surface area contributed by atoms with Crippen LogP contribution in [0.25, 0.3) is 0 Å². The Bertz CT molecular complexity index is 851. The summed E-state index contributed by atoms with van der Waals surface area (Å²) >= 11 is 0. The molecule has 15 atom stereocenters. The van der Waals surface area contributed by atoms with Crippen molar-refractivity contribution in [2.75, 3.05) is 32.8 Å². The van der Waals surface area contributed by atoms with Crippen LogP contribution in [0, 0.1) is 0 Å². The highest BCUT2D eigenvalue weighted by atomic mass is 16.7. The summed E-state index contributed by atoms with van der Waals surface area (Å²) < 4.78 is 23.6. The fourth-order valence-electron chi connectivity index (χ4n) is 5.48. The zero-order valence-corrected chi connectivity index (χ0v) is 24.0. The molecule has 3 aliphatic rings. The maximum Gasteiger partial charge on any atom is 0.249 e. The van der Waals surface area contributed by atoms with Gasteiger partial charge in [-0.05, 0) is 32.2 Å². The molecule has 252 valence electrons. The van der Waals surface area contributed by atoms with Gasteiger partial charge in [0.25, 0.3) is 0 Å². The van der Waals surface area contributed by atoms with Crippen LogP contribution in [-0.4, -0.2) is 166 Å². The van der Waals surface area contributed by atoms with Gasteiger partial charge in [-0.1, -0.05) is 0 Å². The van der Waals surface area contributed by atoms with Crippen molar-refractivity contribution < 1.29 is 59.5 Å². The van der Waals surface area contributed by atoms with Gasteiger partial charge in [0.15, 0.2) is 12.6 Å². The highest BCUT2D eigenvalue weighted by molar-refractivity contribution is 5.80. The number of hydrogen-bond acceptors (Lipinski definition) is 17. The minimum Gasteiger partial charge on any atom is -0.394 e. The second-order valence-electron chi connectivity index (χ2n) is 11.4. The molecular weight excluding hydrogens is 576 g/mol. The third kappa shape index (κ3) is 9.42. The molecule has 17 N–H and O–H groups in total. The number of aliphatic hydroxyl groups is 7. The van der Waals surface area contributed by atoms with Gasteiger partial charge in [0, 0.05) is 19.1 Å². The second kappa shape index (κ2) is 16.9. The van der Waals surface area contributed by atoms with E-state index in [4.69, 9.17) is 47.0 Å². The van der Waals surface area contributed by atoms with E-state index in [-0.39, 0.29) is 38.6 Å². The van der Waals surface area contributed by atoms with Gasteiger partial charge in [-0.25, -0.2) is 0 Å². The lowest BCUT2D eigenvalue weighted by atomic mass is 9.83. The summed E-state index contributed by atoms with van der Waals surface area (Å²) in [5.41, 5.74) is 24.0. The van der Waals surface area contributed by atoms with E-state index in [9.17, 15) is 35.4 Å². The van der Waals surface area contributed by atoms with Crippen LogP contribution in [0.2, 0.25) is 0 Å². The van der Waals surface area contributed by atoms with Crippen molar-refractivity contribution in [2.24, 2.45) is 22.9 Å². The molecule has 3 fully saturated rings. The molecule has 0 aromatic rings. The molecule has 18 nitrogen and oxygen atoms in total. The van der Waals surface area contributed by atoms with Crippen LogP contribution in [0.3, 0.4) is 0 Å². The molecule has 2 saturated heterocycles. The summed E-state index contributed by atoms with van der Waals surface area (Å²) in [6.07, 6.45) is -12.4. The average molecular weight is 627 g/mol. The summed E-state index contributed by atoms with van der Waals surface area (Å²) in [6.45, 7) is -0.494. The van der Waals surface area contributed by atoms with Gasteiger partial charge in [-0.2, -0.15) is 0 Å². The highest BCUT2D eigenvalue weighted by Crippen LogP contribution is 2.31. The van der Waals surface area contributed by atoms with E-state index in [1.54, 1.807) is 0 Å². The largest absolute Gasteiger partial charge is 0.394 e. The lowest BCUT2D eigenvalue weighted by molar-refractivity contribution is -0.314. The maximum absolute atomic E-state index is 12.7. The molecule has 0 spiro atoms. The fraction of sp³-hybridized carbons (Fsp3) is 0.960. The number of carbonyl (C=O) groups is 1. The number of nitrogens with two attached hydrogens (primary N) is 4. The van der Waals surface area contributed by atoms with Crippen LogP contribution in [0.15, 0.2) is 0 Å². The Morgan fingerprint density at radius 3 is 2.28 bits per heavy atom. The minimum atomic E-state index is -1.58. The van der Waals surface area contributed by atoms with Crippen molar-refractivity contribution in [3.8, 4) is 0 Å². The monoisotopic (exact) mass is 626 g/mol. The molecule has 2 aliphatic heterocycles. The Morgan fingerprint density at radius 1 is 0.930 bits per heavy atom. The molecule has 0 radical (unpaired) electrons. The third-order valence-electron chi connectivity index (χ3n) is 8.07. The average Bonchev–Trinajstić information content (AvgIpc) is 2.98. The molecule has 1 amide bonds. The first kappa shape index (κ1) is 36.3. The van der Waals surface area contributed by atoms with E-state index in [1.165, 1.54) is 0 Å². The standard InChI is InChI=1S/C25H50N6O12/c26-4-3-15(35)23(39)31-14-5-13(28)21(42-24-12(27)2-1-11(40-24)7-30-6-10(34)8-32)20(38)22(14)43-25-19(37)17(29)18(36)16(9-33)41-25/h10-22,24-25,30,32-38H,1-9,26-29H2,(H,31,39)/t10?,11-,12+,13-,14+,15-,16+,17-,18+,19+,20-,21?,22-,24+,25+/m0/s1. The number of carbonyl (C=O) groups excluding carboxylic acids is 1. The molecule has 0 aromatic heterocycles. The van der Waals surface area contributed by atoms with Gasteiger partial charge in [0.05, 0.1) is 43.5 Å². The first-order chi connectivity index (χ1) is 20.4. The van der Waals surface area contributed by atoms with E-state index in [2.05, 4.69) is 10.6 Å². The van der Waals surface area contributed by atoms with E-state index in [1.807, 2.05) is 0 Å². The predicted octanol–water partition coefficient (Wildman–Crippen LogP) is -7.42. The van der Waals surface area contributed by atoms with Crippen molar-refractivity contribution >= 4 is 5.91 Å². The minimum absolute atomic E-state index is 0.0135. The van der Waals surface area contributed by atoms with Crippen LogP contribution < -0.4 is 33.6 Å². The zero-order valence-electron chi connectivity index (χ0n) is 24.0. The van der Waals surface area contributed by atoms with Crippen LogP contribution >= 0.6 is 0 Å². The molecule has 0 bridgehead atoms. The Hall–Kier alpha value is -1.17. The van der Waals surface area contributed by atoms with E-state index < -0.39 is 98.1 Å². The van der Waals surface area contributed by atoms with Gasteiger partial charge in [-0.3, -0.25) is 4.79 Å². The van der Waals surface area contributed by atoms with Crippen LogP contribution in [0.5, 0.6) is 0 Å². The number of ether oxygens (including phenoxy) is 4. The van der Waals surface area contributed by atoms with Crippen LogP contribution in [0.4, 0.5) is 0 Å². The number of amides is 1. The number of nitrogens with one attached hydrogen (secondary N) is 2. The van der Waals surface area contributed by atoms with Gasteiger partial charge in [-0.15, -0.1) is 0 Å². The quantitative estimate of drug-likeness (QED) is 0.0851. The zero-order chi connectivity index (χ0) is 31.8. The molecule has 1 aliphatic carbocycles. The first-order valence-corrected chi connectivity index (χ1v) is 14.6. The molecule has 0 aromatic carbocycles. The Labute approximate surface area is 249 Å². The van der Waals surface area contributed by atoms with Crippen molar-refractivity contribution in [2.45, 2.75) is 117 Å². The first-order valence-electron chi connectivity index (χ1n) is 14.6. The van der Waals surface area contributed by atoms with Crippen molar-refractivity contribution in [1.82, 2.24) is 10.6 Å². The van der Waals surface area contributed by atoms with Crippen molar-refractivity contribution in [3.63, 3.8) is 0 Å². The molecule has 43 heavy (non-hydrogen) atoms. The lowest BCUT2D eigenvalue weighted by Gasteiger charge is -2.48. The maximum atomic E-state index is 12.7. The summed E-state index contributed by atoms with van der Waals surface area (Å²) in [5.74, 6) is -0.785. The molecular formula is C25H50N6O12. The Balaban J connectivity index is 1.76. The number of aliphatic hydroxyl groups excluding tert-OH is 7. The van der Waals surface area contributed by atoms with Gasteiger partial charge in [0.1, 0.15) is 42.7 Å². The Morgan fingerprint density at radius 2 is 1.63 bits per heavy atom. The molecule has 18 heteroatoms. The van der Waals surface area contributed by atoms with Gasteiger partial charge >= 0.3 is 0 Å². The number of hydrogen-bond donors (Lipinski definition) is 13. The smallest absolute Gasteiger partial charge is 0.249 e. The van der Waals surface area contributed by atoms with Crippen LogP contribution in [0.1, 0.15) is 25.7 Å². The Kier molecular flexibility index (Phi) is 14.3. The molecule has 2 unspecified atom stereocenters. The fourth-order valence-corrected chi connectivity index (χ4v) is 5.48. The highest BCUT2D eigenvalue weighted by Gasteiger charge is 2.51. The third-order valence-corrected chi connectivity index (χ3v) is 8.07. The summed E-state index contributed by atoms with van der Waals surface area (Å²) in [5, 5.41) is 76.3. The predicted molar refractivity (Wildman–Crippen MR) is 148 cm³/mol. The van der Waals surface area contributed by atoms with Crippen molar-refractivity contribution in [3.05, 3.63) is 0 Å². The van der Waals surface area contributed by atoms with E-state index >= 15 is 0 Å². The van der Waals surface area contributed by atoms with E-state index in [0.717, 1.165) is 0 Å². The normalized spacial score (nSPS) is 41.9. The van der Waals surface area contributed by atoms with Crippen molar-refractivity contribution in [1.29, 1.82) is 0 Å². The number of rotatable bonds is 14. The SMILES string of the molecule is NCC[C@H](O)C(=O)N[C@@H]1C[C@H](N)C(O[C@H]2O[C@H](CNCC(O)CO)CC[C@H]2N)[C@H](O)[C@H]1O[C@H]1O[C@H](CO)[C@@H](O)[C@H](N)[C@H]1O. The van der Waals surface area contributed by atoms with Gasteiger partial charge < -0.3 is 88.3 Å². The molecule has 2 heterocycles. The summed E-state index contributed by atoms with van der Waals surface area (Å²) in [7, 11) is 0. The lowest BCUT2D eigenvalue weighted by Crippen LogP contribution is -2.69. The molecule has 3 rings (SSSR count). The molecule has 1 saturated carbocycles. The van der Waals surface area contributed by atoms with Gasteiger partial charge in [0.2, 0.25) is 5.91 Å². The topological polar surface area (TPSA) is 324 Å². The van der Waals surface area contributed by atoms with Crippen LogP contribution in [-0.2, 0) is 23.7 Å².